The van der Waals surface area contributed by atoms with Crippen molar-refractivity contribution >= 4 is 51.8 Å². The summed E-state index contributed by atoms with van der Waals surface area (Å²) in [5, 5.41) is 0.927. The van der Waals surface area contributed by atoms with Crippen molar-refractivity contribution in [2.75, 3.05) is 0 Å². The molecule has 0 heterocycles. The molecule has 0 saturated heterocycles. The first kappa shape index (κ1) is 9.00. The molecular formula is C6H5I2OP. The number of hydrogen-bond acceptors (Lipinski definition) is 1. The number of rotatable bonds is 1. The molecule has 0 amide bonds. The summed E-state index contributed by atoms with van der Waals surface area (Å²) in [4.78, 5) is 0. The normalized spacial score (nSPS) is 11.4. The quantitative estimate of drug-likeness (QED) is 0.541. The van der Waals surface area contributed by atoms with Gasteiger partial charge in [0.1, 0.15) is 0 Å². The van der Waals surface area contributed by atoms with Gasteiger partial charge >= 0.3 is 0 Å². The number of benzene rings is 1. The van der Waals surface area contributed by atoms with E-state index >= 15 is 0 Å². The monoisotopic (exact) mass is 378 g/mol. The van der Waals surface area contributed by atoms with Gasteiger partial charge in [0.25, 0.3) is 0 Å². The number of halogens is 2. The van der Waals surface area contributed by atoms with Crippen LogP contribution in [0.4, 0.5) is 0 Å². The highest BCUT2D eigenvalue weighted by molar-refractivity contribution is 14.3. The maximum atomic E-state index is 11.4. The molecule has 1 aromatic carbocycles. The summed E-state index contributed by atoms with van der Waals surface area (Å²) in [5.74, 6) is 0. The fourth-order valence-electron chi connectivity index (χ4n) is 0.602. The fourth-order valence-corrected chi connectivity index (χ4v) is 3.05. The lowest BCUT2D eigenvalue weighted by Crippen LogP contribution is -1.92. The van der Waals surface area contributed by atoms with Crippen molar-refractivity contribution in [1.82, 2.24) is 0 Å². The van der Waals surface area contributed by atoms with Crippen molar-refractivity contribution in [3.05, 3.63) is 30.3 Å². The van der Waals surface area contributed by atoms with Gasteiger partial charge in [0, 0.05) is 49.4 Å². The zero-order chi connectivity index (χ0) is 7.61. The minimum absolute atomic E-state index is 0.927. The molecular weight excluding hydrogens is 373 g/mol. The van der Waals surface area contributed by atoms with E-state index in [0.29, 0.717) is 0 Å². The van der Waals surface area contributed by atoms with Crippen LogP contribution in [0.25, 0.3) is 0 Å². The maximum absolute atomic E-state index is 11.4. The first-order valence-electron chi connectivity index (χ1n) is 2.65. The van der Waals surface area contributed by atoms with Crippen LogP contribution in [-0.2, 0) is 4.57 Å². The van der Waals surface area contributed by atoms with Crippen molar-refractivity contribution in [2.45, 2.75) is 0 Å². The largest absolute Gasteiger partial charge is 0.297 e. The van der Waals surface area contributed by atoms with Crippen LogP contribution in [0, 0.1) is 0 Å². The third-order valence-corrected chi connectivity index (χ3v) is 5.30. The lowest BCUT2D eigenvalue weighted by molar-refractivity contribution is 0.601. The highest BCUT2D eigenvalue weighted by Gasteiger charge is 2.13. The van der Waals surface area contributed by atoms with E-state index in [0.717, 1.165) is 5.30 Å². The molecule has 0 bridgehead atoms. The molecule has 1 aromatic rings. The van der Waals surface area contributed by atoms with Crippen LogP contribution >= 0.6 is 46.5 Å². The molecule has 0 spiro atoms. The van der Waals surface area contributed by atoms with Crippen molar-refractivity contribution in [3.63, 3.8) is 0 Å². The van der Waals surface area contributed by atoms with Crippen molar-refractivity contribution in [2.24, 2.45) is 0 Å². The molecule has 0 aliphatic carbocycles. The average Bonchev–Trinajstić information content (AvgIpc) is 1.88. The molecule has 10 heavy (non-hydrogen) atoms. The fraction of sp³-hybridized carbons (Fsp3) is 0. The molecule has 0 fully saturated rings. The molecule has 4 heteroatoms. The van der Waals surface area contributed by atoms with Gasteiger partial charge in [-0.05, 0) is 0 Å². The van der Waals surface area contributed by atoms with Gasteiger partial charge in [-0.25, -0.2) is 0 Å². The predicted octanol–water partition coefficient (Wildman–Crippen LogP) is 3.38. The smallest absolute Gasteiger partial charge is 0.225 e. The van der Waals surface area contributed by atoms with Gasteiger partial charge in [0.15, 0.2) is 0 Å². The summed E-state index contributed by atoms with van der Waals surface area (Å²) in [6.07, 6.45) is 0. The Bertz CT molecular complexity index is 254. The second kappa shape index (κ2) is 3.54. The molecule has 1 rings (SSSR count). The summed E-state index contributed by atoms with van der Waals surface area (Å²) < 4.78 is 9.31. The zero-order valence-corrected chi connectivity index (χ0v) is 10.2. The van der Waals surface area contributed by atoms with Crippen LogP contribution in [0.15, 0.2) is 30.3 Å². The van der Waals surface area contributed by atoms with Crippen LogP contribution in [0.5, 0.6) is 0 Å². The zero-order valence-electron chi connectivity index (χ0n) is 5.00. The summed E-state index contributed by atoms with van der Waals surface area (Å²) >= 11 is 3.97. The number of hydrogen-bond donors (Lipinski definition) is 0. The summed E-state index contributed by atoms with van der Waals surface area (Å²) in [5.41, 5.74) is 0. The molecule has 0 atom stereocenters. The van der Waals surface area contributed by atoms with E-state index in [1.807, 2.05) is 74.4 Å². The molecule has 0 radical (unpaired) electrons. The van der Waals surface area contributed by atoms with Gasteiger partial charge in [-0.1, -0.05) is 30.3 Å². The second-order valence-corrected chi connectivity index (χ2v) is 16.9. The van der Waals surface area contributed by atoms with E-state index in [2.05, 4.69) is 0 Å². The van der Waals surface area contributed by atoms with Crippen LogP contribution in [0.3, 0.4) is 0 Å². The molecule has 1 nitrogen and oxygen atoms in total. The van der Waals surface area contributed by atoms with E-state index in [-0.39, 0.29) is 0 Å². The first-order chi connectivity index (χ1) is 4.61. The van der Waals surface area contributed by atoms with Gasteiger partial charge in [0.05, 0.1) is 0 Å². The highest BCUT2D eigenvalue weighted by atomic mass is 127. The van der Waals surface area contributed by atoms with E-state index < -0.39 is 2.43 Å². The lowest BCUT2D eigenvalue weighted by atomic mass is 10.4. The summed E-state index contributed by atoms with van der Waals surface area (Å²) in [6.45, 7) is 0. The van der Waals surface area contributed by atoms with Crippen LogP contribution < -0.4 is 5.30 Å². The second-order valence-electron chi connectivity index (χ2n) is 1.80. The Hall–Kier alpha value is 0.910. The Morgan fingerprint density at radius 1 is 1.10 bits per heavy atom. The van der Waals surface area contributed by atoms with Gasteiger partial charge < -0.3 is 0 Å². The molecule has 0 aliphatic heterocycles. The Labute approximate surface area is 85.9 Å². The van der Waals surface area contributed by atoms with Gasteiger partial charge in [-0.15, -0.1) is 0 Å². The highest BCUT2D eigenvalue weighted by Crippen LogP contribution is 2.61. The van der Waals surface area contributed by atoms with E-state index in [9.17, 15) is 4.57 Å². The SMILES string of the molecule is O=P(I)(I)c1ccccc1. The Kier molecular flexibility index (Phi) is 3.19. The van der Waals surface area contributed by atoms with E-state index in [1.54, 1.807) is 0 Å². The Morgan fingerprint density at radius 2 is 1.60 bits per heavy atom. The molecule has 0 N–H and O–H groups in total. The topological polar surface area (TPSA) is 17.1 Å². The standard InChI is InChI=1S/C6H5I2OP/c7-10(8,9)6-4-2-1-3-5-6/h1-5H. The van der Waals surface area contributed by atoms with Crippen molar-refractivity contribution < 1.29 is 4.57 Å². The van der Waals surface area contributed by atoms with Crippen LogP contribution in [-0.4, -0.2) is 0 Å². The minimum Gasteiger partial charge on any atom is -0.297 e. The predicted molar refractivity (Wildman–Crippen MR) is 61.7 cm³/mol. The first-order valence-corrected chi connectivity index (χ1v) is 9.93. The van der Waals surface area contributed by atoms with Gasteiger partial charge in [-0.2, -0.15) is 0 Å². The summed E-state index contributed by atoms with van der Waals surface area (Å²) in [7, 11) is 0. The lowest BCUT2D eigenvalue weighted by Gasteiger charge is -1.99. The van der Waals surface area contributed by atoms with Crippen LogP contribution in [0.1, 0.15) is 0 Å². The molecule has 0 saturated carbocycles. The molecule has 0 aliphatic rings. The Balaban J connectivity index is 3.09. The van der Waals surface area contributed by atoms with Crippen LogP contribution in [0.2, 0.25) is 0 Å². The maximum Gasteiger partial charge on any atom is 0.225 e. The van der Waals surface area contributed by atoms with Crippen molar-refractivity contribution in [1.29, 1.82) is 0 Å². The third kappa shape index (κ3) is 2.51. The molecule has 0 unspecified atom stereocenters. The van der Waals surface area contributed by atoms with Gasteiger partial charge in [-0.3, -0.25) is 4.57 Å². The summed E-state index contributed by atoms with van der Waals surface area (Å²) in [6, 6.07) is 9.50. The third-order valence-electron chi connectivity index (χ3n) is 1.06. The minimum atomic E-state index is -2.08. The van der Waals surface area contributed by atoms with Gasteiger partial charge in [0.2, 0.25) is 2.43 Å². The molecule has 0 aromatic heterocycles. The van der Waals surface area contributed by atoms with E-state index in [4.69, 9.17) is 0 Å². The van der Waals surface area contributed by atoms with E-state index in [1.165, 1.54) is 0 Å². The molecule has 54 valence electrons. The Morgan fingerprint density at radius 3 is 1.90 bits per heavy atom. The van der Waals surface area contributed by atoms with Crippen molar-refractivity contribution in [3.8, 4) is 0 Å². The average molecular weight is 378 g/mol.